The van der Waals surface area contributed by atoms with E-state index in [0.717, 1.165) is 5.41 Å². The molecule has 0 aromatic heterocycles. The van der Waals surface area contributed by atoms with Crippen LogP contribution in [0.2, 0.25) is 0 Å². The molecular formula is C9H11NO2S. The summed E-state index contributed by atoms with van der Waals surface area (Å²) in [7, 11) is -1.86. The van der Waals surface area contributed by atoms with Crippen LogP contribution < -0.4 is 4.31 Å². The van der Waals surface area contributed by atoms with E-state index in [1.165, 1.54) is 11.4 Å². The lowest BCUT2D eigenvalue weighted by Gasteiger charge is -2.16. The van der Waals surface area contributed by atoms with Crippen LogP contribution in [-0.4, -0.2) is 15.5 Å². The van der Waals surface area contributed by atoms with Gasteiger partial charge in [0, 0.05) is 12.5 Å². The first kappa shape index (κ1) is 9.80. The average molecular weight is 197 g/mol. The van der Waals surface area contributed by atoms with Gasteiger partial charge in [-0.15, -0.1) is 0 Å². The Hall–Kier alpha value is -1.29. The number of hydrogen-bond acceptors (Lipinski definition) is 2. The Balaban J connectivity index is 3.06. The van der Waals surface area contributed by atoms with Crippen LogP contribution in [-0.2, 0) is 10.0 Å². The molecule has 1 aromatic carbocycles. The maximum Gasteiger partial charge on any atom is 0.256 e. The molecule has 4 heteroatoms. The molecular weight excluding hydrogens is 186 g/mol. The van der Waals surface area contributed by atoms with Crippen molar-refractivity contribution in [2.75, 3.05) is 11.4 Å². The summed E-state index contributed by atoms with van der Waals surface area (Å²) >= 11 is 0. The van der Waals surface area contributed by atoms with E-state index in [4.69, 9.17) is 0 Å². The summed E-state index contributed by atoms with van der Waals surface area (Å²) in [4.78, 5) is 0. The summed E-state index contributed by atoms with van der Waals surface area (Å²) in [5.74, 6) is 0. The SMILES string of the molecule is C=CS(=O)(=O)N(C)c1ccccc1. The zero-order valence-corrected chi connectivity index (χ0v) is 8.16. The maximum atomic E-state index is 11.3. The third kappa shape index (κ3) is 2.09. The van der Waals surface area contributed by atoms with E-state index in [9.17, 15) is 8.42 Å². The molecule has 0 fully saturated rings. The van der Waals surface area contributed by atoms with Crippen LogP contribution in [0.5, 0.6) is 0 Å². The van der Waals surface area contributed by atoms with Gasteiger partial charge < -0.3 is 0 Å². The van der Waals surface area contributed by atoms with Crippen molar-refractivity contribution in [2.45, 2.75) is 0 Å². The summed E-state index contributed by atoms with van der Waals surface area (Å²) in [5, 5.41) is 0.931. The molecule has 0 N–H and O–H groups in total. The standard InChI is InChI=1S/C9H11NO2S/c1-3-13(11,12)10(2)9-7-5-4-6-8-9/h3-8H,1H2,2H3. The van der Waals surface area contributed by atoms with Gasteiger partial charge in [-0.05, 0) is 12.1 Å². The van der Waals surface area contributed by atoms with Crippen molar-refractivity contribution in [3.8, 4) is 0 Å². The maximum absolute atomic E-state index is 11.3. The Kier molecular flexibility index (Phi) is 2.72. The molecule has 0 amide bonds. The van der Waals surface area contributed by atoms with E-state index >= 15 is 0 Å². The zero-order valence-electron chi connectivity index (χ0n) is 7.34. The fourth-order valence-corrected chi connectivity index (χ4v) is 1.54. The highest BCUT2D eigenvalue weighted by Gasteiger charge is 2.12. The predicted octanol–water partition coefficient (Wildman–Crippen LogP) is 1.60. The topological polar surface area (TPSA) is 37.4 Å². The third-order valence-electron chi connectivity index (χ3n) is 1.71. The molecule has 0 unspecified atom stereocenters. The van der Waals surface area contributed by atoms with Gasteiger partial charge in [-0.1, -0.05) is 24.8 Å². The molecule has 70 valence electrons. The van der Waals surface area contributed by atoms with E-state index in [2.05, 4.69) is 6.58 Å². The van der Waals surface area contributed by atoms with E-state index in [-0.39, 0.29) is 0 Å². The molecule has 0 aliphatic rings. The first-order valence-corrected chi connectivity index (χ1v) is 5.24. The second-order valence-corrected chi connectivity index (χ2v) is 4.43. The minimum atomic E-state index is -3.35. The molecule has 0 spiro atoms. The average Bonchev–Trinajstić information content (AvgIpc) is 2.18. The number of para-hydroxylation sites is 1. The van der Waals surface area contributed by atoms with Crippen LogP contribution in [0.25, 0.3) is 0 Å². The molecule has 0 aliphatic heterocycles. The number of nitrogens with zero attached hydrogens (tertiary/aromatic N) is 1. The van der Waals surface area contributed by atoms with Crippen molar-refractivity contribution in [3.05, 3.63) is 42.3 Å². The van der Waals surface area contributed by atoms with E-state index in [1.54, 1.807) is 24.3 Å². The summed E-state index contributed by atoms with van der Waals surface area (Å²) in [6.45, 7) is 3.25. The molecule has 0 radical (unpaired) electrons. The molecule has 0 saturated carbocycles. The van der Waals surface area contributed by atoms with E-state index < -0.39 is 10.0 Å². The summed E-state index contributed by atoms with van der Waals surface area (Å²) in [6.07, 6.45) is 0. The van der Waals surface area contributed by atoms with Crippen molar-refractivity contribution in [2.24, 2.45) is 0 Å². The molecule has 13 heavy (non-hydrogen) atoms. The Morgan fingerprint density at radius 2 is 1.85 bits per heavy atom. The summed E-state index contributed by atoms with van der Waals surface area (Å²) < 4.78 is 23.8. The number of sulfonamides is 1. The molecule has 3 nitrogen and oxygen atoms in total. The van der Waals surface area contributed by atoms with Gasteiger partial charge in [-0.25, -0.2) is 8.42 Å². The van der Waals surface area contributed by atoms with Crippen molar-refractivity contribution < 1.29 is 8.42 Å². The summed E-state index contributed by atoms with van der Waals surface area (Å²) in [5.41, 5.74) is 0.627. The van der Waals surface area contributed by atoms with Gasteiger partial charge in [0.25, 0.3) is 10.0 Å². The number of rotatable bonds is 3. The lowest BCUT2D eigenvalue weighted by molar-refractivity contribution is 0.603. The fourth-order valence-electron chi connectivity index (χ4n) is 0.897. The molecule has 0 atom stereocenters. The lowest BCUT2D eigenvalue weighted by Crippen LogP contribution is -2.23. The van der Waals surface area contributed by atoms with Crippen LogP contribution >= 0.6 is 0 Å². The Labute approximate surface area is 78.4 Å². The van der Waals surface area contributed by atoms with Crippen LogP contribution in [0.1, 0.15) is 0 Å². The first-order valence-electron chi connectivity index (χ1n) is 3.74. The Morgan fingerprint density at radius 3 is 2.31 bits per heavy atom. The Morgan fingerprint density at radius 1 is 1.31 bits per heavy atom. The highest BCUT2D eigenvalue weighted by molar-refractivity contribution is 7.95. The molecule has 1 aromatic rings. The van der Waals surface area contributed by atoms with Gasteiger partial charge in [0.1, 0.15) is 0 Å². The van der Waals surface area contributed by atoms with Gasteiger partial charge in [-0.3, -0.25) is 4.31 Å². The number of anilines is 1. The molecule has 1 rings (SSSR count). The molecule has 0 aliphatic carbocycles. The molecule has 0 saturated heterocycles. The van der Waals surface area contributed by atoms with Crippen LogP contribution in [0.15, 0.2) is 42.3 Å². The van der Waals surface area contributed by atoms with Crippen molar-refractivity contribution in [1.29, 1.82) is 0 Å². The highest BCUT2D eigenvalue weighted by Crippen LogP contribution is 2.15. The van der Waals surface area contributed by atoms with Gasteiger partial charge >= 0.3 is 0 Å². The second kappa shape index (κ2) is 3.62. The minimum Gasteiger partial charge on any atom is -0.270 e. The van der Waals surface area contributed by atoms with Gasteiger partial charge in [0.2, 0.25) is 0 Å². The molecule has 0 heterocycles. The monoisotopic (exact) mass is 197 g/mol. The van der Waals surface area contributed by atoms with Gasteiger partial charge in [0.15, 0.2) is 0 Å². The summed E-state index contributed by atoms with van der Waals surface area (Å²) in [6, 6.07) is 8.84. The lowest BCUT2D eigenvalue weighted by atomic mass is 10.3. The number of benzene rings is 1. The highest BCUT2D eigenvalue weighted by atomic mass is 32.2. The van der Waals surface area contributed by atoms with E-state index in [1.807, 2.05) is 6.07 Å². The van der Waals surface area contributed by atoms with Crippen LogP contribution in [0, 0.1) is 0 Å². The van der Waals surface area contributed by atoms with Gasteiger partial charge in [0.05, 0.1) is 5.69 Å². The predicted molar refractivity (Wildman–Crippen MR) is 54.0 cm³/mol. The minimum absolute atomic E-state index is 0.627. The van der Waals surface area contributed by atoms with E-state index in [0.29, 0.717) is 5.69 Å². The third-order valence-corrected chi connectivity index (χ3v) is 3.11. The zero-order chi connectivity index (χ0) is 9.90. The quantitative estimate of drug-likeness (QED) is 0.738. The van der Waals surface area contributed by atoms with Gasteiger partial charge in [-0.2, -0.15) is 0 Å². The number of hydrogen-bond donors (Lipinski definition) is 0. The van der Waals surface area contributed by atoms with Crippen LogP contribution in [0.4, 0.5) is 5.69 Å². The van der Waals surface area contributed by atoms with Crippen molar-refractivity contribution in [1.82, 2.24) is 0 Å². The van der Waals surface area contributed by atoms with Crippen molar-refractivity contribution in [3.63, 3.8) is 0 Å². The second-order valence-electron chi connectivity index (χ2n) is 2.51. The largest absolute Gasteiger partial charge is 0.270 e. The smallest absolute Gasteiger partial charge is 0.256 e. The fraction of sp³-hybridized carbons (Fsp3) is 0.111. The Bertz CT molecular complexity index is 383. The molecule has 0 bridgehead atoms. The first-order chi connectivity index (χ1) is 6.08. The van der Waals surface area contributed by atoms with Crippen LogP contribution in [0.3, 0.4) is 0 Å². The normalized spacial score (nSPS) is 10.8. The van der Waals surface area contributed by atoms with Crippen molar-refractivity contribution >= 4 is 15.7 Å².